The van der Waals surface area contributed by atoms with Crippen molar-refractivity contribution >= 4 is 21.8 Å². The van der Waals surface area contributed by atoms with Crippen LogP contribution in [-0.2, 0) is 6.18 Å². The fourth-order valence-electron chi connectivity index (χ4n) is 1.34. The van der Waals surface area contributed by atoms with E-state index in [2.05, 4.69) is 21.2 Å². The Hall–Kier alpha value is -1.55. The maximum Gasteiger partial charge on any atom is 0.417 e. The number of halogens is 4. The lowest BCUT2D eigenvalue weighted by molar-refractivity contribution is -0.138. The lowest BCUT2D eigenvalue weighted by atomic mass is 10.1. The summed E-state index contributed by atoms with van der Waals surface area (Å²) in [5.74, 6) is -1.31. The molecule has 0 aromatic heterocycles. The van der Waals surface area contributed by atoms with E-state index in [1.54, 1.807) is 6.92 Å². The number of hydrogen-bond acceptors (Lipinski definition) is 2. The van der Waals surface area contributed by atoms with E-state index in [4.69, 9.17) is 5.26 Å². The SMILES string of the molecule is CC(C#N)CNC(=O)c1ccc(Br)cc1C(F)(F)F. The summed E-state index contributed by atoms with van der Waals surface area (Å²) in [6.45, 7) is 1.56. The number of carbonyl (C=O) groups is 1. The van der Waals surface area contributed by atoms with E-state index in [1.807, 2.05) is 6.07 Å². The molecule has 1 aromatic carbocycles. The lowest BCUT2D eigenvalue weighted by Gasteiger charge is -2.13. The van der Waals surface area contributed by atoms with Crippen molar-refractivity contribution in [2.75, 3.05) is 6.54 Å². The molecule has 3 nitrogen and oxygen atoms in total. The van der Waals surface area contributed by atoms with Gasteiger partial charge in [-0.15, -0.1) is 0 Å². The van der Waals surface area contributed by atoms with Gasteiger partial charge in [-0.3, -0.25) is 4.79 Å². The maximum absolute atomic E-state index is 12.8. The first kappa shape index (κ1) is 15.5. The standard InChI is InChI=1S/C12H10BrF3N2O/c1-7(5-17)6-18-11(19)9-3-2-8(13)4-10(9)12(14,15)16/h2-4,7H,6H2,1H3,(H,18,19). The van der Waals surface area contributed by atoms with Gasteiger partial charge in [0.2, 0.25) is 0 Å². The van der Waals surface area contributed by atoms with Crippen molar-refractivity contribution in [3.63, 3.8) is 0 Å². The van der Waals surface area contributed by atoms with Crippen LogP contribution in [0.25, 0.3) is 0 Å². The second-order valence-electron chi connectivity index (χ2n) is 3.93. The molecule has 19 heavy (non-hydrogen) atoms. The molecule has 102 valence electrons. The molecule has 1 N–H and O–H groups in total. The van der Waals surface area contributed by atoms with Crippen LogP contribution in [0, 0.1) is 17.2 Å². The van der Waals surface area contributed by atoms with Crippen molar-refractivity contribution in [2.45, 2.75) is 13.1 Å². The molecule has 0 fully saturated rings. The molecule has 0 saturated heterocycles. The Labute approximate surface area is 116 Å². The van der Waals surface area contributed by atoms with Gasteiger partial charge >= 0.3 is 6.18 Å². The minimum Gasteiger partial charge on any atom is -0.351 e. The summed E-state index contributed by atoms with van der Waals surface area (Å²) in [5.41, 5.74) is -1.47. The highest BCUT2D eigenvalue weighted by molar-refractivity contribution is 9.10. The number of rotatable bonds is 3. The van der Waals surface area contributed by atoms with Gasteiger partial charge in [0.25, 0.3) is 5.91 Å². The molecule has 0 spiro atoms. The van der Waals surface area contributed by atoms with Crippen LogP contribution in [-0.4, -0.2) is 12.5 Å². The zero-order chi connectivity index (χ0) is 14.6. The van der Waals surface area contributed by atoms with Gasteiger partial charge in [-0.2, -0.15) is 18.4 Å². The topological polar surface area (TPSA) is 52.9 Å². The maximum atomic E-state index is 12.8. The summed E-state index contributed by atoms with van der Waals surface area (Å²) in [6, 6.07) is 5.19. The highest BCUT2D eigenvalue weighted by Gasteiger charge is 2.35. The predicted octanol–water partition coefficient (Wildman–Crippen LogP) is 3.36. The van der Waals surface area contributed by atoms with Crippen LogP contribution in [0.1, 0.15) is 22.8 Å². The third kappa shape index (κ3) is 4.24. The first-order valence-corrected chi connectivity index (χ1v) is 6.09. The second-order valence-corrected chi connectivity index (χ2v) is 4.84. The van der Waals surface area contributed by atoms with Crippen LogP contribution >= 0.6 is 15.9 Å². The summed E-state index contributed by atoms with van der Waals surface area (Å²) in [5, 5.41) is 10.9. The Balaban J connectivity index is 3.01. The van der Waals surface area contributed by atoms with Gasteiger partial charge in [0, 0.05) is 11.0 Å². The zero-order valence-electron chi connectivity index (χ0n) is 9.88. The van der Waals surface area contributed by atoms with Gasteiger partial charge in [0.15, 0.2) is 0 Å². The quantitative estimate of drug-likeness (QED) is 0.921. The zero-order valence-corrected chi connectivity index (χ0v) is 11.5. The van der Waals surface area contributed by atoms with Crippen molar-refractivity contribution in [3.05, 3.63) is 33.8 Å². The molecule has 1 rings (SSSR count). The van der Waals surface area contributed by atoms with Crippen LogP contribution in [0.2, 0.25) is 0 Å². The van der Waals surface area contributed by atoms with Crippen LogP contribution in [0.15, 0.2) is 22.7 Å². The van der Waals surface area contributed by atoms with E-state index in [1.165, 1.54) is 6.07 Å². The van der Waals surface area contributed by atoms with Crippen LogP contribution < -0.4 is 5.32 Å². The van der Waals surface area contributed by atoms with Crippen molar-refractivity contribution in [1.82, 2.24) is 5.32 Å². The highest BCUT2D eigenvalue weighted by atomic mass is 79.9. The summed E-state index contributed by atoms with van der Waals surface area (Å²) >= 11 is 2.94. The molecule has 0 bridgehead atoms. The first-order valence-electron chi connectivity index (χ1n) is 5.30. The summed E-state index contributed by atoms with van der Waals surface area (Å²) in [4.78, 5) is 11.7. The Kier molecular flexibility index (Phi) is 4.95. The summed E-state index contributed by atoms with van der Waals surface area (Å²) < 4.78 is 38.6. The van der Waals surface area contributed by atoms with Crippen molar-refractivity contribution in [3.8, 4) is 6.07 Å². The number of alkyl halides is 3. The number of nitrogens with zero attached hydrogens (tertiary/aromatic N) is 1. The summed E-state index contributed by atoms with van der Waals surface area (Å²) in [6.07, 6.45) is -4.61. The number of amides is 1. The predicted molar refractivity (Wildman–Crippen MR) is 66.3 cm³/mol. The number of benzene rings is 1. The first-order chi connectivity index (χ1) is 8.75. The fourth-order valence-corrected chi connectivity index (χ4v) is 1.70. The Morgan fingerprint density at radius 3 is 2.68 bits per heavy atom. The number of carbonyl (C=O) groups excluding carboxylic acids is 1. The van der Waals surface area contributed by atoms with Crippen LogP contribution in [0.5, 0.6) is 0 Å². The monoisotopic (exact) mass is 334 g/mol. The Morgan fingerprint density at radius 2 is 2.16 bits per heavy atom. The minimum atomic E-state index is -4.61. The molecule has 1 atom stereocenters. The largest absolute Gasteiger partial charge is 0.417 e. The van der Waals surface area contributed by atoms with E-state index < -0.39 is 29.1 Å². The Bertz CT molecular complexity index is 523. The average Bonchev–Trinajstić information content (AvgIpc) is 2.34. The Morgan fingerprint density at radius 1 is 1.53 bits per heavy atom. The van der Waals surface area contributed by atoms with Crippen molar-refractivity contribution < 1.29 is 18.0 Å². The smallest absolute Gasteiger partial charge is 0.351 e. The third-order valence-corrected chi connectivity index (χ3v) is 2.81. The molecule has 0 saturated carbocycles. The normalized spacial score (nSPS) is 12.6. The summed E-state index contributed by atoms with van der Waals surface area (Å²) in [7, 11) is 0. The molecule has 0 heterocycles. The number of nitriles is 1. The second kappa shape index (κ2) is 6.06. The molecule has 0 radical (unpaired) electrons. The number of hydrogen-bond donors (Lipinski definition) is 1. The van der Waals surface area contributed by atoms with E-state index in [-0.39, 0.29) is 11.0 Å². The van der Waals surface area contributed by atoms with E-state index in [0.717, 1.165) is 12.1 Å². The van der Waals surface area contributed by atoms with E-state index in [9.17, 15) is 18.0 Å². The molecule has 0 aliphatic heterocycles. The van der Waals surface area contributed by atoms with Gasteiger partial charge in [0.1, 0.15) is 0 Å². The lowest BCUT2D eigenvalue weighted by Crippen LogP contribution is -2.29. The third-order valence-electron chi connectivity index (χ3n) is 2.32. The fraction of sp³-hybridized carbons (Fsp3) is 0.333. The molecule has 7 heteroatoms. The average molecular weight is 335 g/mol. The molecule has 1 unspecified atom stereocenters. The van der Waals surface area contributed by atoms with Crippen molar-refractivity contribution in [2.24, 2.45) is 5.92 Å². The molecule has 1 amide bonds. The van der Waals surface area contributed by atoms with Gasteiger partial charge in [-0.05, 0) is 25.1 Å². The minimum absolute atomic E-state index is 0.00267. The van der Waals surface area contributed by atoms with Crippen LogP contribution in [0.3, 0.4) is 0 Å². The molecule has 0 aliphatic rings. The van der Waals surface area contributed by atoms with E-state index >= 15 is 0 Å². The number of nitrogens with one attached hydrogen (secondary N) is 1. The van der Waals surface area contributed by atoms with E-state index in [0.29, 0.717) is 0 Å². The molecule has 1 aromatic rings. The molecule has 0 aliphatic carbocycles. The molecular weight excluding hydrogens is 325 g/mol. The van der Waals surface area contributed by atoms with Crippen LogP contribution in [0.4, 0.5) is 13.2 Å². The van der Waals surface area contributed by atoms with Crippen molar-refractivity contribution in [1.29, 1.82) is 5.26 Å². The molecular formula is C12H10BrF3N2O. The van der Waals surface area contributed by atoms with Gasteiger partial charge in [-0.1, -0.05) is 15.9 Å². The highest BCUT2D eigenvalue weighted by Crippen LogP contribution is 2.33. The van der Waals surface area contributed by atoms with Gasteiger partial charge in [0.05, 0.1) is 23.1 Å². The van der Waals surface area contributed by atoms with Gasteiger partial charge in [-0.25, -0.2) is 0 Å². The van der Waals surface area contributed by atoms with Gasteiger partial charge < -0.3 is 5.32 Å².